The van der Waals surface area contributed by atoms with Crippen molar-refractivity contribution in [3.63, 3.8) is 0 Å². The van der Waals surface area contributed by atoms with Gasteiger partial charge in [0.1, 0.15) is 11.5 Å². The maximum Gasteiger partial charge on any atom is 0.159 e. The molecule has 132 valence electrons. The van der Waals surface area contributed by atoms with E-state index in [1.807, 2.05) is 12.1 Å². The average Bonchev–Trinajstić information content (AvgIpc) is 3.24. The zero-order chi connectivity index (χ0) is 17.7. The molecule has 1 aliphatic rings. The second-order valence-electron chi connectivity index (χ2n) is 6.77. The molecule has 1 aliphatic heterocycles. The van der Waals surface area contributed by atoms with E-state index in [0.717, 1.165) is 48.2 Å². The number of nitrogens with one attached hydrogen (secondary N) is 2. The summed E-state index contributed by atoms with van der Waals surface area (Å²) >= 11 is 0. The summed E-state index contributed by atoms with van der Waals surface area (Å²) in [4.78, 5) is 10.2. The number of aromatic amines is 2. The fourth-order valence-electron chi connectivity index (χ4n) is 3.60. The highest BCUT2D eigenvalue weighted by atomic mass is 19.1. The first-order chi connectivity index (χ1) is 12.7. The van der Waals surface area contributed by atoms with Gasteiger partial charge in [0.2, 0.25) is 0 Å². The number of fused-ring (bicyclic) bond motifs is 2. The number of benzene rings is 2. The van der Waals surface area contributed by atoms with Crippen LogP contribution in [-0.4, -0.2) is 44.5 Å². The van der Waals surface area contributed by atoms with E-state index < -0.39 is 0 Å². The van der Waals surface area contributed by atoms with Gasteiger partial charge in [-0.1, -0.05) is 0 Å². The van der Waals surface area contributed by atoms with Gasteiger partial charge in [-0.2, -0.15) is 5.10 Å². The summed E-state index contributed by atoms with van der Waals surface area (Å²) in [6.45, 7) is 1.69. The quantitative estimate of drug-likeness (QED) is 0.518. The Bertz CT molecular complexity index is 1090. The summed E-state index contributed by atoms with van der Waals surface area (Å²) in [6.07, 6.45) is 1.39. The van der Waals surface area contributed by atoms with Crippen molar-refractivity contribution in [2.45, 2.75) is 18.9 Å². The number of H-pyrrole nitrogens is 2. The minimum atomic E-state index is -0.300. The molecule has 0 amide bonds. The van der Waals surface area contributed by atoms with Crippen LogP contribution >= 0.6 is 0 Å². The number of aromatic nitrogens is 4. The molecular weight excluding hydrogens is 333 g/mol. The lowest BCUT2D eigenvalue weighted by Gasteiger charge is -2.31. The number of hydrogen-bond donors (Lipinski definition) is 3. The van der Waals surface area contributed by atoms with E-state index in [0.29, 0.717) is 16.9 Å². The third kappa shape index (κ3) is 2.52. The molecular formula is C19H18FN5O. The summed E-state index contributed by atoms with van der Waals surface area (Å²) in [5, 5.41) is 17.6. The standard InChI is InChI=1S/C19H18FN5O/c20-11-1-3-15-14(9-11)18(24-23-15)19-21-16-4-2-12(10-17(16)22-19)25-7-5-13(26)6-8-25/h1-4,9-10,13,26H,5-8H2,(H,21,22)(H,23,24). The summed E-state index contributed by atoms with van der Waals surface area (Å²) < 4.78 is 13.6. The average molecular weight is 351 g/mol. The van der Waals surface area contributed by atoms with E-state index in [2.05, 4.69) is 31.1 Å². The topological polar surface area (TPSA) is 80.8 Å². The van der Waals surface area contributed by atoms with Gasteiger partial charge in [0.25, 0.3) is 0 Å². The molecule has 7 heteroatoms. The number of nitrogens with zero attached hydrogens (tertiary/aromatic N) is 3. The lowest BCUT2D eigenvalue weighted by atomic mass is 10.1. The van der Waals surface area contributed by atoms with E-state index in [-0.39, 0.29) is 11.9 Å². The van der Waals surface area contributed by atoms with Crippen LogP contribution < -0.4 is 4.90 Å². The SMILES string of the molecule is OC1CCN(c2ccc3nc(-c4n[nH]c5ccc(F)cc45)[nH]c3c2)CC1. The number of aliphatic hydroxyl groups excluding tert-OH is 1. The van der Waals surface area contributed by atoms with Crippen molar-refractivity contribution in [1.82, 2.24) is 20.2 Å². The van der Waals surface area contributed by atoms with E-state index in [1.54, 1.807) is 6.07 Å². The Labute approximate surface area is 148 Å². The highest BCUT2D eigenvalue weighted by Crippen LogP contribution is 2.29. The molecule has 5 rings (SSSR count). The van der Waals surface area contributed by atoms with Gasteiger partial charge < -0.3 is 15.0 Å². The Kier molecular flexibility index (Phi) is 3.43. The Morgan fingerprint density at radius 1 is 1.08 bits per heavy atom. The monoisotopic (exact) mass is 351 g/mol. The molecule has 3 heterocycles. The lowest BCUT2D eigenvalue weighted by molar-refractivity contribution is 0.145. The van der Waals surface area contributed by atoms with Crippen LogP contribution in [0.3, 0.4) is 0 Å². The van der Waals surface area contributed by atoms with Gasteiger partial charge in [0, 0.05) is 24.2 Å². The van der Waals surface area contributed by atoms with E-state index in [1.165, 1.54) is 12.1 Å². The molecule has 0 aliphatic carbocycles. The van der Waals surface area contributed by atoms with E-state index in [4.69, 9.17) is 0 Å². The third-order valence-electron chi connectivity index (χ3n) is 5.04. The van der Waals surface area contributed by atoms with Crippen LogP contribution in [0.25, 0.3) is 33.5 Å². The predicted molar refractivity (Wildman–Crippen MR) is 98.6 cm³/mol. The maximum absolute atomic E-state index is 13.6. The van der Waals surface area contributed by atoms with Crippen molar-refractivity contribution in [1.29, 1.82) is 0 Å². The van der Waals surface area contributed by atoms with Crippen LogP contribution in [0, 0.1) is 5.82 Å². The van der Waals surface area contributed by atoms with Crippen molar-refractivity contribution < 1.29 is 9.50 Å². The normalized spacial score (nSPS) is 16.0. The number of imidazole rings is 1. The number of halogens is 1. The highest BCUT2D eigenvalue weighted by molar-refractivity contribution is 5.93. The van der Waals surface area contributed by atoms with Crippen LogP contribution in [0.15, 0.2) is 36.4 Å². The van der Waals surface area contributed by atoms with Gasteiger partial charge in [-0.3, -0.25) is 5.10 Å². The smallest absolute Gasteiger partial charge is 0.159 e. The minimum Gasteiger partial charge on any atom is -0.393 e. The van der Waals surface area contributed by atoms with Crippen molar-refractivity contribution >= 4 is 27.6 Å². The van der Waals surface area contributed by atoms with Gasteiger partial charge in [-0.25, -0.2) is 9.37 Å². The Morgan fingerprint density at radius 2 is 1.92 bits per heavy atom. The van der Waals surface area contributed by atoms with E-state index >= 15 is 0 Å². The predicted octanol–water partition coefficient (Wildman–Crippen LogP) is 3.21. The molecule has 0 bridgehead atoms. The fourth-order valence-corrected chi connectivity index (χ4v) is 3.60. The van der Waals surface area contributed by atoms with Crippen molar-refractivity contribution in [2.24, 2.45) is 0 Å². The number of aliphatic hydroxyl groups is 1. The Balaban J connectivity index is 1.54. The minimum absolute atomic E-state index is 0.193. The number of piperidine rings is 1. The van der Waals surface area contributed by atoms with Crippen LogP contribution in [0.1, 0.15) is 12.8 Å². The molecule has 6 nitrogen and oxygen atoms in total. The summed E-state index contributed by atoms with van der Waals surface area (Å²) in [5.74, 6) is 0.314. The maximum atomic E-state index is 13.6. The van der Waals surface area contributed by atoms with Crippen molar-refractivity contribution in [2.75, 3.05) is 18.0 Å². The van der Waals surface area contributed by atoms with Gasteiger partial charge >= 0.3 is 0 Å². The summed E-state index contributed by atoms with van der Waals surface area (Å²) in [6, 6.07) is 10.6. The molecule has 0 atom stereocenters. The largest absolute Gasteiger partial charge is 0.393 e. The van der Waals surface area contributed by atoms with Crippen molar-refractivity contribution in [3.05, 3.63) is 42.2 Å². The summed E-state index contributed by atoms with van der Waals surface area (Å²) in [7, 11) is 0. The van der Waals surface area contributed by atoms with Gasteiger partial charge in [-0.15, -0.1) is 0 Å². The molecule has 3 N–H and O–H groups in total. The zero-order valence-electron chi connectivity index (χ0n) is 14.0. The zero-order valence-corrected chi connectivity index (χ0v) is 14.0. The Morgan fingerprint density at radius 3 is 2.77 bits per heavy atom. The highest BCUT2D eigenvalue weighted by Gasteiger charge is 2.18. The second kappa shape index (κ2) is 5.81. The first kappa shape index (κ1) is 15.3. The molecule has 0 radical (unpaired) electrons. The van der Waals surface area contributed by atoms with Crippen molar-refractivity contribution in [3.8, 4) is 11.5 Å². The molecule has 1 fully saturated rings. The molecule has 1 saturated heterocycles. The molecule has 0 spiro atoms. The third-order valence-corrected chi connectivity index (χ3v) is 5.04. The molecule has 4 aromatic rings. The Hall–Kier alpha value is -2.93. The molecule has 2 aromatic heterocycles. The molecule has 0 unspecified atom stereocenters. The fraction of sp³-hybridized carbons (Fsp3) is 0.263. The summed E-state index contributed by atoms with van der Waals surface area (Å²) in [5.41, 5.74) is 4.25. The van der Waals surface area contributed by atoms with Gasteiger partial charge in [0.15, 0.2) is 5.82 Å². The van der Waals surface area contributed by atoms with Crippen LogP contribution in [0.4, 0.5) is 10.1 Å². The second-order valence-corrected chi connectivity index (χ2v) is 6.77. The van der Waals surface area contributed by atoms with Gasteiger partial charge in [0.05, 0.1) is 22.7 Å². The number of rotatable bonds is 2. The molecule has 0 saturated carbocycles. The lowest BCUT2D eigenvalue weighted by Crippen LogP contribution is -2.35. The van der Waals surface area contributed by atoms with Crippen LogP contribution in [-0.2, 0) is 0 Å². The van der Waals surface area contributed by atoms with Crippen LogP contribution in [0.2, 0.25) is 0 Å². The molecule has 2 aromatic carbocycles. The molecule has 26 heavy (non-hydrogen) atoms. The first-order valence-corrected chi connectivity index (χ1v) is 8.74. The van der Waals surface area contributed by atoms with Crippen LogP contribution in [0.5, 0.6) is 0 Å². The number of anilines is 1. The van der Waals surface area contributed by atoms with E-state index in [9.17, 15) is 9.50 Å². The van der Waals surface area contributed by atoms with Gasteiger partial charge in [-0.05, 0) is 49.2 Å². The first-order valence-electron chi connectivity index (χ1n) is 8.74. The number of hydrogen-bond acceptors (Lipinski definition) is 4.